The van der Waals surface area contributed by atoms with Crippen molar-refractivity contribution < 1.29 is 9.53 Å². The lowest BCUT2D eigenvalue weighted by Crippen LogP contribution is -2.17. The van der Waals surface area contributed by atoms with Crippen LogP contribution in [-0.4, -0.2) is 22.5 Å². The number of aromatic nitrogens is 2. The molecule has 4 nitrogen and oxygen atoms in total. The van der Waals surface area contributed by atoms with Crippen LogP contribution in [0.15, 0.2) is 6.20 Å². The second-order valence-corrected chi connectivity index (χ2v) is 4.29. The molecule has 0 N–H and O–H groups in total. The van der Waals surface area contributed by atoms with E-state index in [-0.39, 0.29) is 5.97 Å². The highest BCUT2D eigenvalue weighted by Crippen LogP contribution is 2.34. The second-order valence-electron chi connectivity index (χ2n) is 4.29. The fourth-order valence-electron chi connectivity index (χ4n) is 1.94. The van der Waals surface area contributed by atoms with Gasteiger partial charge in [0.15, 0.2) is 0 Å². The van der Waals surface area contributed by atoms with Gasteiger partial charge in [0.1, 0.15) is 5.82 Å². The van der Waals surface area contributed by atoms with Gasteiger partial charge in [-0.3, -0.25) is 0 Å². The first-order chi connectivity index (χ1) is 8.26. The van der Waals surface area contributed by atoms with E-state index in [4.69, 9.17) is 4.74 Å². The Hall–Kier alpha value is -1.45. The third kappa shape index (κ3) is 2.46. The van der Waals surface area contributed by atoms with Crippen molar-refractivity contribution in [1.29, 1.82) is 0 Å². The molecule has 1 aliphatic rings. The number of esters is 1. The molecular weight excluding hydrogens is 216 g/mol. The lowest BCUT2D eigenvalue weighted by atomic mass is 9.85. The Morgan fingerprint density at radius 3 is 2.76 bits per heavy atom. The Kier molecular flexibility index (Phi) is 3.71. The number of aryl methyl sites for hydroxylation is 1. The monoisotopic (exact) mass is 234 g/mol. The Balaban J connectivity index is 2.24. The summed E-state index contributed by atoms with van der Waals surface area (Å²) in [6.07, 6.45) is 5.95. The lowest BCUT2D eigenvalue weighted by Gasteiger charge is -2.24. The summed E-state index contributed by atoms with van der Waals surface area (Å²) in [5.74, 6) is 1.07. The van der Waals surface area contributed by atoms with E-state index >= 15 is 0 Å². The normalized spacial score (nSPS) is 15.4. The van der Waals surface area contributed by atoms with Gasteiger partial charge < -0.3 is 4.74 Å². The van der Waals surface area contributed by atoms with Crippen LogP contribution in [0.3, 0.4) is 0 Å². The number of carbonyl (C=O) groups is 1. The molecule has 0 bridgehead atoms. The van der Waals surface area contributed by atoms with Gasteiger partial charge in [-0.15, -0.1) is 0 Å². The molecule has 1 fully saturated rings. The van der Waals surface area contributed by atoms with E-state index in [1.54, 1.807) is 13.1 Å². The summed E-state index contributed by atoms with van der Waals surface area (Å²) in [7, 11) is 0. The minimum absolute atomic E-state index is 0.315. The minimum atomic E-state index is -0.315. The van der Waals surface area contributed by atoms with Gasteiger partial charge in [-0.05, 0) is 26.2 Å². The van der Waals surface area contributed by atoms with Crippen molar-refractivity contribution in [1.82, 2.24) is 9.97 Å². The van der Waals surface area contributed by atoms with E-state index < -0.39 is 0 Å². The molecule has 0 amide bonds. The standard InChI is InChI=1S/C13H18N2O2/c1-3-11-10(13(16)17-4-2)8-14-12(15-11)9-6-5-7-9/h8-9H,3-7H2,1-2H3. The quantitative estimate of drug-likeness (QED) is 0.751. The Morgan fingerprint density at radius 1 is 1.47 bits per heavy atom. The van der Waals surface area contributed by atoms with E-state index in [1.165, 1.54) is 19.3 Å². The molecule has 0 atom stereocenters. The lowest BCUT2D eigenvalue weighted by molar-refractivity contribution is 0.0524. The molecule has 0 spiro atoms. The first-order valence-corrected chi connectivity index (χ1v) is 6.29. The van der Waals surface area contributed by atoms with Gasteiger partial charge in [-0.2, -0.15) is 0 Å². The third-order valence-corrected chi connectivity index (χ3v) is 3.19. The van der Waals surface area contributed by atoms with E-state index in [1.807, 2.05) is 6.92 Å². The number of rotatable bonds is 4. The highest BCUT2D eigenvalue weighted by molar-refractivity contribution is 5.90. The van der Waals surface area contributed by atoms with Crippen molar-refractivity contribution in [2.45, 2.75) is 45.4 Å². The summed E-state index contributed by atoms with van der Waals surface area (Å²) in [5, 5.41) is 0. The molecular formula is C13H18N2O2. The first-order valence-electron chi connectivity index (χ1n) is 6.29. The van der Waals surface area contributed by atoms with Gasteiger partial charge in [-0.1, -0.05) is 13.3 Å². The molecule has 0 aliphatic heterocycles. The van der Waals surface area contributed by atoms with Crippen molar-refractivity contribution in [3.8, 4) is 0 Å². The summed E-state index contributed by atoms with van der Waals surface area (Å²) in [6.45, 7) is 4.18. The number of nitrogens with zero attached hydrogens (tertiary/aromatic N) is 2. The minimum Gasteiger partial charge on any atom is -0.462 e. The van der Waals surface area contributed by atoms with Crippen molar-refractivity contribution in [3.05, 3.63) is 23.3 Å². The zero-order valence-electron chi connectivity index (χ0n) is 10.4. The third-order valence-electron chi connectivity index (χ3n) is 3.19. The molecule has 0 aromatic carbocycles. The maximum Gasteiger partial charge on any atom is 0.341 e. The molecule has 1 aromatic rings. The second kappa shape index (κ2) is 5.25. The van der Waals surface area contributed by atoms with Gasteiger partial charge in [-0.25, -0.2) is 14.8 Å². The average molecular weight is 234 g/mol. The van der Waals surface area contributed by atoms with Gasteiger partial charge in [0.05, 0.1) is 17.9 Å². The summed E-state index contributed by atoms with van der Waals surface area (Å²) in [5.41, 5.74) is 1.32. The van der Waals surface area contributed by atoms with Crippen LogP contribution >= 0.6 is 0 Å². The number of hydrogen-bond donors (Lipinski definition) is 0. The molecule has 0 radical (unpaired) electrons. The summed E-state index contributed by atoms with van der Waals surface area (Å²) in [6, 6.07) is 0. The van der Waals surface area contributed by atoms with Crippen LogP contribution in [0, 0.1) is 0 Å². The Morgan fingerprint density at radius 2 is 2.24 bits per heavy atom. The maximum absolute atomic E-state index is 11.7. The van der Waals surface area contributed by atoms with Crippen molar-refractivity contribution in [2.75, 3.05) is 6.61 Å². The van der Waals surface area contributed by atoms with E-state index in [2.05, 4.69) is 9.97 Å². The molecule has 4 heteroatoms. The fourth-order valence-corrected chi connectivity index (χ4v) is 1.94. The largest absolute Gasteiger partial charge is 0.462 e. The molecule has 0 unspecified atom stereocenters. The topological polar surface area (TPSA) is 52.1 Å². The maximum atomic E-state index is 11.7. The van der Waals surface area contributed by atoms with Crippen LogP contribution < -0.4 is 0 Å². The molecule has 1 aliphatic carbocycles. The predicted molar refractivity (Wildman–Crippen MR) is 64.0 cm³/mol. The highest BCUT2D eigenvalue weighted by Gasteiger charge is 2.24. The first kappa shape index (κ1) is 12.0. The molecule has 1 saturated carbocycles. The van der Waals surface area contributed by atoms with Crippen LogP contribution in [-0.2, 0) is 11.2 Å². The number of hydrogen-bond acceptors (Lipinski definition) is 4. The van der Waals surface area contributed by atoms with Crippen molar-refractivity contribution in [2.24, 2.45) is 0 Å². The van der Waals surface area contributed by atoms with Crippen LogP contribution in [0.5, 0.6) is 0 Å². The molecule has 1 heterocycles. The zero-order valence-corrected chi connectivity index (χ0v) is 10.4. The summed E-state index contributed by atoms with van der Waals surface area (Å²) < 4.78 is 4.99. The smallest absolute Gasteiger partial charge is 0.341 e. The summed E-state index contributed by atoms with van der Waals surface area (Å²) in [4.78, 5) is 20.5. The zero-order chi connectivity index (χ0) is 12.3. The van der Waals surface area contributed by atoms with Gasteiger partial charge in [0, 0.05) is 12.1 Å². The fraction of sp³-hybridized carbons (Fsp3) is 0.615. The molecule has 0 saturated heterocycles. The van der Waals surface area contributed by atoms with Crippen LogP contribution in [0.1, 0.15) is 60.9 Å². The van der Waals surface area contributed by atoms with E-state index in [0.717, 1.165) is 17.9 Å². The van der Waals surface area contributed by atoms with E-state index in [9.17, 15) is 4.79 Å². The summed E-state index contributed by atoms with van der Waals surface area (Å²) >= 11 is 0. The average Bonchev–Trinajstić information content (AvgIpc) is 2.27. The van der Waals surface area contributed by atoms with Gasteiger partial charge in [0.2, 0.25) is 0 Å². The predicted octanol–water partition coefficient (Wildman–Crippen LogP) is 2.48. The number of ether oxygens (including phenoxy) is 1. The van der Waals surface area contributed by atoms with E-state index in [0.29, 0.717) is 18.1 Å². The number of carbonyl (C=O) groups excluding carboxylic acids is 1. The van der Waals surface area contributed by atoms with Gasteiger partial charge in [0.25, 0.3) is 0 Å². The van der Waals surface area contributed by atoms with Crippen LogP contribution in [0.2, 0.25) is 0 Å². The molecule has 1 aromatic heterocycles. The van der Waals surface area contributed by atoms with Crippen molar-refractivity contribution in [3.63, 3.8) is 0 Å². The molecule has 92 valence electrons. The van der Waals surface area contributed by atoms with Crippen LogP contribution in [0.25, 0.3) is 0 Å². The Bertz CT molecular complexity index is 414. The van der Waals surface area contributed by atoms with Crippen molar-refractivity contribution >= 4 is 5.97 Å². The molecule has 17 heavy (non-hydrogen) atoms. The highest BCUT2D eigenvalue weighted by atomic mass is 16.5. The molecule has 2 rings (SSSR count). The SMILES string of the molecule is CCOC(=O)c1cnc(C2CCC2)nc1CC. The van der Waals surface area contributed by atoms with Crippen LogP contribution in [0.4, 0.5) is 0 Å². The van der Waals surface area contributed by atoms with Gasteiger partial charge >= 0.3 is 5.97 Å². The Labute approximate surface area is 101 Å².